The molecule has 0 aromatic heterocycles. The van der Waals surface area contributed by atoms with Crippen LogP contribution in [0.3, 0.4) is 0 Å². The first-order valence-corrected chi connectivity index (χ1v) is 8.87. The summed E-state index contributed by atoms with van der Waals surface area (Å²) >= 11 is 0. The summed E-state index contributed by atoms with van der Waals surface area (Å²) in [6.07, 6.45) is -0.454. The Labute approximate surface area is 146 Å². The lowest BCUT2D eigenvalue weighted by Gasteiger charge is -2.18. The van der Waals surface area contributed by atoms with Crippen molar-refractivity contribution in [2.24, 2.45) is 0 Å². The Bertz CT molecular complexity index is 609. The average Bonchev–Trinajstić information content (AvgIpc) is 2.63. The lowest BCUT2D eigenvalue weighted by Crippen LogP contribution is -2.13. The van der Waals surface area contributed by atoms with E-state index < -0.39 is 19.5 Å². The molecule has 9 nitrogen and oxygen atoms in total. The first-order valence-electron chi connectivity index (χ1n) is 7.14. The smallest absolute Gasteiger partial charge is 0.337 e. The van der Waals surface area contributed by atoms with E-state index in [2.05, 4.69) is 0 Å². The van der Waals surface area contributed by atoms with E-state index in [0.29, 0.717) is 5.75 Å². The zero-order valence-electron chi connectivity index (χ0n) is 14.9. The van der Waals surface area contributed by atoms with Gasteiger partial charge in [0.05, 0.1) is 12.7 Å². The lowest BCUT2D eigenvalue weighted by atomic mass is 10.1. The van der Waals surface area contributed by atoms with Crippen LogP contribution in [0.2, 0.25) is 0 Å². The van der Waals surface area contributed by atoms with Crippen LogP contribution < -0.4 is 14.2 Å². The molecule has 0 saturated heterocycles. The Kier molecular flexibility index (Phi) is 8.88. The number of Topliss-reactive ketones (excluding diaryl/α,β-unsaturated/α-hetero) is 1. The van der Waals surface area contributed by atoms with E-state index in [-0.39, 0.29) is 30.6 Å². The number of hydrogen-bond acceptors (Lipinski definition) is 9. The van der Waals surface area contributed by atoms with Gasteiger partial charge < -0.3 is 32.7 Å². The van der Waals surface area contributed by atoms with Crippen molar-refractivity contribution in [3.05, 3.63) is 17.7 Å². The fourth-order valence-corrected chi connectivity index (χ4v) is 2.85. The summed E-state index contributed by atoms with van der Waals surface area (Å²) in [6.45, 7) is -0.146. The SMILES string of the molecule is COCOc1ccc(C(=O)CP(=O)(OC)OC)c(OCOC)c1OC. The van der Waals surface area contributed by atoms with Crippen LogP contribution >= 0.6 is 7.60 Å². The van der Waals surface area contributed by atoms with Crippen molar-refractivity contribution in [2.75, 3.05) is 55.3 Å². The van der Waals surface area contributed by atoms with Gasteiger partial charge in [-0.3, -0.25) is 9.36 Å². The number of benzene rings is 1. The topological polar surface area (TPSA) is 98.8 Å². The zero-order chi connectivity index (χ0) is 18.9. The highest BCUT2D eigenvalue weighted by molar-refractivity contribution is 7.54. The molecule has 0 aliphatic carbocycles. The summed E-state index contributed by atoms with van der Waals surface area (Å²) < 4.78 is 47.7. The maximum atomic E-state index is 12.6. The molecule has 142 valence electrons. The molecule has 0 N–H and O–H groups in total. The second-order valence-electron chi connectivity index (χ2n) is 4.63. The summed E-state index contributed by atoms with van der Waals surface area (Å²) in [5.41, 5.74) is 0.132. The quantitative estimate of drug-likeness (QED) is 0.308. The highest BCUT2D eigenvalue weighted by Crippen LogP contribution is 2.48. The van der Waals surface area contributed by atoms with Crippen molar-refractivity contribution in [1.82, 2.24) is 0 Å². The van der Waals surface area contributed by atoms with Crippen LogP contribution in [0.15, 0.2) is 12.1 Å². The molecule has 0 unspecified atom stereocenters. The molecule has 0 aliphatic heterocycles. The molecule has 25 heavy (non-hydrogen) atoms. The summed E-state index contributed by atoms with van der Waals surface area (Å²) in [6, 6.07) is 2.99. The Morgan fingerprint density at radius 3 is 2.04 bits per heavy atom. The van der Waals surface area contributed by atoms with Crippen LogP contribution in [0.25, 0.3) is 0 Å². The minimum Gasteiger partial charge on any atom is -0.490 e. The maximum Gasteiger partial charge on any atom is 0.337 e. The monoisotopic (exact) mass is 378 g/mol. The third-order valence-corrected chi connectivity index (χ3v) is 4.91. The first kappa shape index (κ1) is 21.4. The standard InChI is InChI=1S/C15H23O9P/c1-18-9-23-13-7-6-11(12(16)8-25(17,21-4)22-5)14(15(13)20-3)24-10-19-2/h6-7H,8-10H2,1-5H3. The molecule has 1 aromatic carbocycles. The average molecular weight is 378 g/mol. The summed E-state index contributed by atoms with van der Waals surface area (Å²) in [4.78, 5) is 12.6. The van der Waals surface area contributed by atoms with Crippen molar-refractivity contribution in [2.45, 2.75) is 0 Å². The third-order valence-electron chi connectivity index (χ3n) is 3.13. The van der Waals surface area contributed by atoms with Gasteiger partial charge in [0.25, 0.3) is 0 Å². The highest BCUT2D eigenvalue weighted by Gasteiger charge is 2.30. The maximum absolute atomic E-state index is 12.6. The summed E-state index contributed by atoms with van der Waals surface area (Å²) in [5, 5.41) is 0. The van der Waals surface area contributed by atoms with Gasteiger partial charge in [0.1, 0.15) is 6.16 Å². The van der Waals surface area contributed by atoms with Gasteiger partial charge in [0.15, 0.2) is 30.9 Å². The van der Waals surface area contributed by atoms with Gasteiger partial charge in [-0.25, -0.2) is 0 Å². The van der Waals surface area contributed by atoms with Gasteiger partial charge >= 0.3 is 7.60 Å². The van der Waals surface area contributed by atoms with Gasteiger partial charge in [-0.05, 0) is 12.1 Å². The third kappa shape index (κ3) is 5.69. The summed E-state index contributed by atoms with van der Waals surface area (Å²) in [5.74, 6) is 0.0923. The van der Waals surface area contributed by atoms with E-state index >= 15 is 0 Å². The largest absolute Gasteiger partial charge is 0.490 e. The molecule has 0 saturated carbocycles. The fraction of sp³-hybridized carbons (Fsp3) is 0.533. The van der Waals surface area contributed by atoms with E-state index in [0.717, 1.165) is 0 Å². The summed E-state index contributed by atoms with van der Waals surface area (Å²) in [7, 11) is 3.20. The van der Waals surface area contributed by atoms with Crippen LogP contribution in [0.5, 0.6) is 17.2 Å². The molecule has 10 heteroatoms. The molecule has 0 radical (unpaired) electrons. The molecule has 0 fully saturated rings. The number of ether oxygens (including phenoxy) is 5. The van der Waals surface area contributed by atoms with Crippen molar-refractivity contribution < 1.29 is 42.1 Å². The Hall–Kier alpha value is -1.64. The van der Waals surface area contributed by atoms with E-state index in [1.54, 1.807) is 0 Å². The molecule has 0 atom stereocenters. The molecular formula is C15H23O9P. The number of carbonyl (C=O) groups excluding carboxylic acids is 1. The van der Waals surface area contributed by atoms with E-state index in [9.17, 15) is 9.36 Å². The number of hydrogen-bond donors (Lipinski definition) is 0. The highest BCUT2D eigenvalue weighted by atomic mass is 31.2. The second kappa shape index (κ2) is 10.4. The number of methoxy groups -OCH3 is 3. The number of rotatable bonds is 12. The first-order chi connectivity index (χ1) is 12.0. The predicted octanol–water partition coefficient (Wildman–Crippen LogP) is 2.33. The minimum absolute atomic E-state index is 0.0179. The molecule has 1 aromatic rings. The zero-order valence-corrected chi connectivity index (χ0v) is 15.8. The Morgan fingerprint density at radius 2 is 1.52 bits per heavy atom. The van der Waals surface area contributed by atoms with Crippen LogP contribution in [-0.2, 0) is 23.1 Å². The second-order valence-corrected chi connectivity index (χ2v) is 6.90. The van der Waals surface area contributed by atoms with Crippen LogP contribution in [0.1, 0.15) is 10.4 Å². The fourth-order valence-electron chi connectivity index (χ4n) is 1.92. The molecule has 0 aliphatic rings. The van der Waals surface area contributed by atoms with Gasteiger partial charge in [-0.15, -0.1) is 0 Å². The lowest BCUT2D eigenvalue weighted by molar-refractivity contribution is 0.0417. The number of carbonyl (C=O) groups is 1. The Morgan fingerprint density at radius 1 is 0.920 bits per heavy atom. The molecule has 0 spiro atoms. The van der Waals surface area contributed by atoms with Crippen LogP contribution in [-0.4, -0.2) is 61.1 Å². The predicted molar refractivity (Wildman–Crippen MR) is 88.8 cm³/mol. The van der Waals surface area contributed by atoms with E-state index in [4.69, 9.17) is 32.7 Å². The van der Waals surface area contributed by atoms with Crippen LogP contribution in [0.4, 0.5) is 0 Å². The Balaban J connectivity index is 3.28. The molecule has 0 amide bonds. The van der Waals surface area contributed by atoms with Gasteiger partial charge in [0, 0.05) is 28.4 Å². The van der Waals surface area contributed by atoms with Crippen molar-refractivity contribution in [1.29, 1.82) is 0 Å². The van der Waals surface area contributed by atoms with Crippen molar-refractivity contribution in [3.8, 4) is 17.2 Å². The molecule has 0 heterocycles. The van der Waals surface area contributed by atoms with Gasteiger partial charge in [-0.2, -0.15) is 0 Å². The van der Waals surface area contributed by atoms with Crippen molar-refractivity contribution >= 4 is 13.4 Å². The number of ketones is 1. The normalized spacial score (nSPS) is 11.2. The minimum atomic E-state index is -3.53. The van der Waals surface area contributed by atoms with E-state index in [1.807, 2.05) is 0 Å². The van der Waals surface area contributed by atoms with Gasteiger partial charge in [-0.1, -0.05) is 0 Å². The van der Waals surface area contributed by atoms with Crippen molar-refractivity contribution in [3.63, 3.8) is 0 Å². The van der Waals surface area contributed by atoms with Gasteiger partial charge in [0.2, 0.25) is 5.75 Å². The molecule has 0 bridgehead atoms. The molecular weight excluding hydrogens is 355 g/mol. The van der Waals surface area contributed by atoms with Crippen LogP contribution in [0, 0.1) is 0 Å². The molecule has 1 rings (SSSR count). The van der Waals surface area contributed by atoms with E-state index in [1.165, 1.54) is 47.7 Å².